The Bertz CT molecular complexity index is 5100. The standard InChI is InChI=1S/C88H67BN4/c1-88(2,3)64-54-81-85-82(55-64)93(74-39-17-11-33-66(74)63-31-23-29-61(53-63)57-26-8-5-9-27-57)87-72(49-51-80(84(87)59-46-47-59)91-77-42-20-14-36-69(77)70-37-15-21-43-78(70)91)89(85)71-48-50-79(90-75-40-18-12-34-67(75)68-35-13-19-41-76(68)90)83(58-44-45-58)86(71)92(81)73-38-16-10-32-65(73)62-30-22-28-60(52-62)56-24-6-4-7-25-56/h4-43,48-55,58-59H,44-47H2,1-3H3. The molecule has 5 heteroatoms. The van der Waals surface area contributed by atoms with Crippen LogP contribution in [0.5, 0.6) is 0 Å². The molecule has 0 bridgehead atoms. The van der Waals surface area contributed by atoms with E-state index in [-0.39, 0.29) is 12.1 Å². The van der Waals surface area contributed by atoms with Gasteiger partial charge in [0.2, 0.25) is 0 Å². The van der Waals surface area contributed by atoms with Gasteiger partial charge in [0.25, 0.3) is 6.71 Å². The van der Waals surface area contributed by atoms with Crippen LogP contribution in [0, 0.1) is 0 Å². The second-order valence-electron chi connectivity index (χ2n) is 27.4. The molecule has 2 aliphatic carbocycles. The Kier molecular flexibility index (Phi) is 12.1. The number of anilines is 6. The number of hydrogen-bond acceptors (Lipinski definition) is 2. The van der Waals surface area contributed by atoms with Crippen LogP contribution in [0.25, 0.3) is 99.5 Å². The Hall–Kier alpha value is -10.9. The summed E-state index contributed by atoms with van der Waals surface area (Å²) in [6.45, 7) is 7.12. The summed E-state index contributed by atoms with van der Waals surface area (Å²) < 4.78 is 5.23. The second kappa shape index (κ2) is 20.8. The quantitative estimate of drug-likeness (QED) is 0.127. The molecule has 0 unspecified atom stereocenters. The van der Waals surface area contributed by atoms with Crippen molar-refractivity contribution in [3.05, 3.63) is 308 Å². The number of para-hydroxylation sites is 6. The Labute approximate surface area is 544 Å². The Morgan fingerprint density at radius 1 is 0.301 bits per heavy atom. The largest absolute Gasteiger partial charge is 0.310 e. The van der Waals surface area contributed by atoms with Crippen LogP contribution in [-0.4, -0.2) is 15.8 Å². The Morgan fingerprint density at radius 3 is 1.03 bits per heavy atom. The molecule has 4 nitrogen and oxygen atoms in total. The molecule has 19 rings (SSSR count). The molecule has 13 aromatic carbocycles. The summed E-state index contributed by atoms with van der Waals surface area (Å²) in [6, 6.07) is 111. The van der Waals surface area contributed by atoms with Gasteiger partial charge in [-0.15, -0.1) is 0 Å². The lowest BCUT2D eigenvalue weighted by atomic mass is 9.33. The Morgan fingerprint density at radius 2 is 0.645 bits per heavy atom. The molecule has 0 atom stereocenters. The lowest BCUT2D eigenvalue weighted by Crippen LogP contribution is -2.62. The molecule has 93 heavy (non-hydrogen) atoms. The predicted octanol–water partition coefficient (Wildman–Crippen LogP) is 21.7. The number of rotatable bonds is 10. The van der Waals surface area contributed by atoms with E-state index in [0.29, 0.717) is 11.8 Å². The molecule has 0 spiro atoms. The van der Waals surface area contributed by atoms with E-state index in [0.717, 1.165) is 25.7 Å². The van der Waals surface area contributed by atoms with E-state index in [9.17, 15) is 0 Å². The predicted molar refractivity (Wildman–Crippen MR) is 394 cm³/mol. The van der Waals surface area contributed by atoms with Gasteiger partial charge in [-0.3, -0.25) is 0 Å². The second-order valence-corrected chi connectivity index (χ2v) is 27.4. The summed E-state index contributed by atoms with van der Waals surface area (Å²) in [7, 11) is 0. The van der Waals surface area contributed by atoms with E-state index < -0.39 is 0 Å². The number of benzene rings is 13. The first-order valence-electron chi connectivity index (χ1n) is 33.4. The smallest absolute Gasteiger partial charge is 0.252 e. The monoisotopic (exact) mass is 1190 g/mol. The molecule has 2 aromatic heterocycles. The highest BCUT2D eigenvalue weighted by Gasteiger charge is 2.49. The van der Waals surface area contributed by atoms with Gasteiger partial charge in [0.05, 0.1) is 44.8 Å². The first-order valence-corrected chi connectivity index (χ1v) is 33.4. The first kappa shape index (κ1) is 53.9. The average Bonchev–Trinajstić information content (AvgIpc) is 0.876. The first-order chi connectivity index (χ1) is 45.8. The summed E-state index contributed by atoms with van der Waals surface area (Å²) >= 11 is 0. The van der Waals surface area contributed by atoms with Crippen molar-refractivity contribution >= 4 is 101 Å². The lowest BCUT2D eigenvalue weighted by molar-refractivity contribution is 0.590. The zero-order valence-corrected chi connectivity index (χ0v) is 52.6. The Balaban J connectivity index is 0.962. The maximum atomic E-state index is 2.78. The van der Waals surface area contributed by atoms with Gasteiger partial charge in [-0.2, -0.15) is 0 Å². The molecule has 0 saturated heterocycles. The summed E-state index contributed by atoms with van der Waals surface area (Å²) in [5.41, 5.74) is 32.4. The van der Waals surface area contributed by atoms with Crippen LogP contribution in [0.1, 0.15) is 75.0 Å². The molecule has 2 aliphatic heterocycles. The van der Waals surface area contributed by atoms with Crippen molar-refractivity contribution < 1.29 is 0 Å². The normalized spacial score (nSPS) is 14.3. The minimum absolute atomic E-state index is 0.127. The van der Waals surface area contributed by atoms with Crippen LogP contribution < -0.4 is 26.2 Å². The average molecular weight is 1190 g/mol. The molecule has 0 radical (unpaired) electrons. The summed E-state index contributed by atoms with van der Waals surface area (Å²) in [6.07, 6.45) is 4.50. The van der Waals surface area contributed by atoms with E-state index >= 15 is 0 Å². The third-order valence-electron chi connectivity index (χ3n) is 20.8. The molecule has 2 saturated carbocycles. The highest BCUT2D eigenvalue weighted by atomic mass is 15.2. The topological polar surface area (TPSA) is 16.3 Å². The summed E-state index contributed by atoms with van der Waals surface area (Å²) in [5, 5.41) is 5.10. The minimum Gasteiger partial charge on any atom is -0.310 e. The van der Waals surface area contributed by atoms with Crippen molar-refractivity contribution in [3.63, 3.8) is 0 Å². The van der Waals surface area contributed by atoms with Gasteiger partial charge in [-0.25, -0.2) is 0 Å². The van der Waals surface area contributed by atoms with Crippen molar-refractivity contribution in [1.29, 1.82) is 0 Å². The SMILES string of the molecule is CC(C)(C)c1cc2c3c(c1)N(c1ccccc1-c1cccc(-c4ccccc4)c1)c1c(ccc(-n4c5ccccc5c5ccccc54)c1C1CC1)B3c1ccc(-n3c4ccccc4c4ccccc43)c(C3CC3)c1N2c1ccccc1-c1cccc(-c2ccccc2)c1. The number of fused-ring (bicyclic) bond motifs is 10. The van der Waals surface area contributed by atoms with E-state index in [2.05, 4.69) is 331 Å². The van der Waals surface area contributed by atoms with Gasteiger partial charge in [-0.05, 0) is 171 Å². The van der Waals surface area contributed by atoms with Crippen LogP contribution in [0.15, 0.2) is 291 Å². The number of nitrogens with zero attached hydrogens (tertiary/aromatic N) is 4. The molecule has 442 valence electrons. The van der Waals surface area contributed by atoms with Gasteiger partial charge in [0.1, 0.15) is 0 Å². The van der Waals surface area contributed by atoms with E-state index in [4.69, 9.17) is 0 Å². The summed E-state index contributed by atoms with van der Waals surface area (Å²) in [4.78, 5) is 5.56. The molecule has 4 aliphatic rings. The third-order valence-corrected chi connectivity index (χ3v) is 20.8. The van der Waals surface area contributed by atoms with Crippen molar-refractivity contribution in [2.24, 2.45) is 0 Å². The molecule has 4 heterocycles. The highest BCUT2D eigenvalue weighted by molar-refractivity contribution is 7.00. The number of aromatic nitrogens is 2. The molecule has 0 amide bonds. The number of hydrogen-bond donors (Lipinski definition) is 0. The van der Waals surface area contributed by atoms with E-state index in [1.54, 1.807) is 0 Å². The molecule has 2 fully saturated rings. The van der Waals surface area contributed by atoms with Gasteiger partial charge >= 0.3 is 0 Å². The van der Waals surface area contributed by atoms with Crippen LogP contribution >= 0.6 is 0 Å². The third kappa shape index (κ3) is 8.45. The van der Waals surface area contributed by atoms with Crippen molar-refractivity contribution in [3.8, 4) is 55.9 Å². The van der Waals surface area contributed by atoms with Crippen molar-refractivity contribution in [2.45, 2.75) is 63.7 Å². The van der Waals surface area contributed by atoms with E-state index in [1.807, 2.05) is 0 Å². The van der Waals surface area contributed by atoms with Gasteiger partial charge in [-0.1, -0.05) is 239 Å². The van der Waals surface area contributed by atoms with Gasteiger partial charge < -0.3 is 18.9 Å². The fourth-order valence-electron chi connectivity index (χ4n) is 16.3. The van der Waals surface area contributed by atoms with Gasteiger partial charge in [0.15, 0.2) is 0 Å². The lowest BCUT2D eigenvalue weighted by Gasteiger charge is -2.47. The minimum atomic E-state index is -0.250. The van der Waals surface area contributed by atoms with Crippen LogP contribution in [0.2, 0.25) is 0 Å². The zero-order chi connectivity index (χ0) is 61.6. The summed E-state index contributed by atoms with van der Waals surface area (Å²) in [5.74, 6) is 0.686. The zero-order valence-electron chi connectivity index (χ0n) is 52.6. The molecule has 0 N–H and O–H groups in total. The van der Waals surface area contributed by atoms with E-state index in [1.165, 1.54) is 167 Å². The fraction of sp³-hybridized carbons (Fsp3) is 0.114. The maximum Gasteiger partial charge on any atom is 0.252 e. The molecular weight excluding hydrogens is 1120 g/mol. The maximum absolute atomic E-state index is 2.78. The molecular formula is C88H67BN4. The van der Waals surface area contributed by atoms with Crippen molar-refractivity contribution in [1.82, 2.24) is 9.13 Å². The molecule has 15 aromatic rings. The van der Waals surface area contributed by atoms with Gasteiger partial charge in [0, 0.05) is 66.5 Å². The fourth-order valence-corrected chi connectivity index (χ4v) is 16.3. The van der Waals surface area contributed by atoms with Crippen LogP contribution in [0.3, 0.4) is 0 Å². The highest BCUT2D eigenvalue weighted by Crippen LogP contribution is 2.58. The van der Waals surface area contributed by atoms with Crippen LogP contribution in [0.4, 0.5) is 34.1 Å². The van der Waals surface area contributed by atoms with Crippen LogP contribution in [-0.2, 0) is 5.41 Å². The van der Waals surface area contributed by atoms with Crippen molar-refractivity contribution in [2.75, 3.05) is 9.80 Å².